The summed E-state index contributed by atoms with van der Waals surface area (Å²) in [4.78, 5) is 24.6. The molecule has 0 unspecified atom stereocenters. The van der Waals surface area contributed by atoms with Crippen molar-refractivity contribution in [2.45, 2.75) is 13.8 Å². The van der Waals surface area contributed by atoms with E-state index < -0.39 is 11.9 Å². The Morgan fingerprint density at radius 2 is 1.80 bits per heavy atom. The summed E-state index contributed by atoms with van der Waals surface area (Å²) in [5.74, 6) is -0.628. The number of nitrogens with zero attached hydrogens (tertiary/aromatic N) is 2. The Balaban J connectivity index is 1.37. The predicted molar refractivity (Wildman–Crippen MR) is 135 cm³/mol. The van der Waals surface area contributed by atoms with Crippen molar-refractivity contribution in [3.05, 3.63) is 101 Å². The molecular formula is C28H23N3O4. The number of amides is 1. The highest BCUT2D eigenvalue weighted by molar-refractivity contribution is 6.08. The molecule has 7 nitrogen and oxygen atoms in total. The van der Waals surface area contributed by atoms with Crippen LogP contribution in [0.4, 0.5) is 0 Å². The molecule has 2 aromatic heterocycles. The van der Waals surface area contributed by atoms with Crippen molar-refractivity contribution in [2.75, 3.05) is 7.11 Å². The molecule has 0 bridgehead atoms. The number of methoxy groups -OCH3 is 1. The largest absolute Gasteiger partial charge is 0.465 e. The molecule has 0 spiro atoms. The third kappa shape index (κ3) is 4.08. The van der Waals surface area contributed by atoms with Crippen LogP contribution in [0, 0.1) is 13.8 Å². The topological polar surface area (TPSA) is 85.8 Å². The van der Waals surface area contributed by atoms with E-state index in [9.17, 15) is 9.59 Å². The standard InChI is InChI=1S/C28H23N3O4/c1-17-13-21(18(2)31(17)22-9-6-8-20(14-22)28(33)34-3)16-29-30-27(32)26-15-24-23-10-5-4-7-19(23)11-12-25(24)35-26/h4-16H,1-3H3,(H,30,32)/b29-16+. The van der Waals surface area contributed by atoms with Crippen LogP contribution in [0.1, 0.15) is 37.9 Å². The minimum absolute atomic E-state index is 0.193. The SMILES string of the molecule is COC(=O)c1cccc(-n2c(C)cc(/C=N/NC(=O)c3cc4c(ccc5ccccc54)o3)c2C)c1. The molecule has 5 rings (SSSR count). The number of hydrogen-bond donors (Lipinski definition) is 1. The van der Waals surface area contributed by atoms with Crippen molar-refractivity contribution in [2.24, 2.45) is 5.10 Å². The fraction of sp³-hybridized carbons (Fsp3) is 0.107. The van der Waals surface area contributed by atoms with Crippen molar-refractivity contribution in [3.63, 3.8) is 0 Å². The van der Waals surface area contributed by atoms with Crippen molar-refractivity contribution in [1.82, 2.24) is 9.99 Å². The number of nitrogens with one attached hydrogen (secondary N) is 1. The number of aryl methyl sites for hydroxylation is 1. The minimum atomic E-state index is -0.430. The third-order valence-electron chi connectivity index (χ3n) is 6.02. The van der Waals surface area contributed by atoms with E-state index in [1.165, 1.54) is 7.11 Å². The summed E-state index contributed by atoms with van der Waals surface area (Å²) in [6, 6.07) is 22.7. The summed E-state index contributed by atoms with van der Waals surface area (Å²) in [7, 11) is 1.36. The number of rotatable bonds is 5. The lowest BCUT2D eigenvalue weighted by Crippen LogP contribution is -2.16. The van der Waals surface area contributed by atoms with Gasteiger partial charge in [-0.3, -0.25) is 4.79 Å². The molecule has 0 aliphatic heterocycles. The molecule has 3 aromatic carbocycles. The van der Waals surface area contributed by atoms with Crippen LogP contribution in [0.2, 0.25) is 0 Å². The Morgan fingerprint density at radius 3 is 2.63 bits per heavy atom. The van der Waals surface area contributed by atoms with Gasteiger partial charge in [-0.15, -0.1) is 0 Å². The molecule has 0 fully saturated rings. The molecule has 1 N–H and O–H groups in total. The minimum Gasteiger partial charge on any atom is -0.465 e. The normalized spacial score (nSPS) is 11.4. The first-order valence-corrected chi connectivity index (χ1v) is 11.1. The summed E-state index contributed by atoms with van der Waals surface area (Å²) in [5.41, 5.74) is 7.21. The highest BCUT2D eigenvalue weighted by Crippen LogP contribution is 2.28. The van der Waals surface area contributed by atoms with E-state index in [0.717, 1.165) is 38.8 Å². The summed E-state index contributed by atoms with van der Waals surface area (Å²) in [6.07, 6.45) is 1.60. The Morgan fingerprint density at radius 1 is 0.971 bits per heavy atom. The lowest BCUT2D eigenvalue weighted by atomic mass is 10.1. The fourth-order valence-electron chi connectivity index (χ4n) is 4.33. The maximum atomic E-state index is 12.7. The molecular weight excluding hydrogens is 442 g/mol. The van der Waals surface area contributed by atoms with Crippen LogP contribution in [-0.2, 0) is 4.74 Å². The third-order valence-corrected chi connectivity index (χ3v) is 6.02. The van der Waals surface area contributed by atoms with Crippen molar-refractivity contribution >= 4 is 39.8 Å². The maximum Gasteiger partial charge on any atom is 0.337 e. The second-order valence-electron chi connectivity index (χ2n) is 8.21. The zero-order valence-corrected chi connectivity index (χ0v) is 19.5. The van der Waals surface area contributed by atoms with E-state index in [0.29, 0.717) is 11.1 Å². The summed E-state index contributed by atoms with van der Waals surface area (Å²) in [5, 5.41) is 7.14. The number of carbonyl (C=O) groups excluding carboxylic acids is 2. The van der Waals surface area contributed by atoms with Crippen LogP contribution < -0.4 is 5.43 Å². The van der Waals surface area contributed by atoms with E-state index in [4.69, 9.17) is 9.15 Å². The zero-order valence-electron chi connectivity index (χ0n) is 19.5. The Bertz CT molecular complexity index is 1620. The number of hydrogen-bond acceptors (Lipinski definition) is 5. The zero-order chi connectivity index (χ0) is 24.5. The Hall–Kier alpha value is -4.65. The van der Waals surface area contributed by atoms with Crippen molar-refractivity contribution in [1.29, 1.82) is 0 Å². The van der Waals surface area contributed by atoms with Gasteiger partial charge < -0.3 is 13.7 Å². The molecule has 0 saturated carbocycles. The number of ether oxygens (including phenoxy) is 1. The summed E-state index contributed by atoms with van der Waals surface area (Å²) in [6.45, 7) is 3.91. The highest BCUT2D eigenvalue weighted by atomic mass is 16.5. The quantitative estimate of drug-likeness (QED) is 0.210. The van der Waals surface area contributed by atoms with E-state index in [1.807, 2.05) is 73.0 Å². The van der Waals surface area contributed by atoms with Gasteiger partial charge in [0.15, 0.2) is 5.76 Å². The highest BCUT2D eigenvalue weighted by Gasteiger charge is 2.15. The second-order valence-corrected chi connectivity index (χ2v) is 8.21. The lowest BCUT2D eigenvalue weighted by Gasteiger charge is -2.10. The van der Waals surface area contributed by atoms with Gasteiger partial charge in [0.25, 0.3) is 0 Å². The van der Waals surface area contributed by atoms with E-state index in [2.05, 4.69) is 10.5 Å². The van der Waals surface area contributed by atoms with Gasteiger partial charge in [0, 0.05) is 28.0 Å². The van der Waals surface area contributed by atoms with Crippen LogP contribution in [-0.4, -0.2) is 29.8 Å². The van der Waals surface area contributed by atoms with Gasteiger partial charge >= 0.3 is 11.9 Å². The van der Waals surface area contributed by atoms with Gasteiger partial charge in [0.05, 0.1) is 18.9 Å². The van der Waals surface area contributed by atoms with Gasteiger partial charge in [0.2, 0.25) is 0 Å². The first-order valence-electron chi connectivity index (χ1n) is 11.1. The molecule has 1 amide bonds. The Kier molecular flexibility index (Phi) is 5.66. The number of benzene rings is 3. The first kappa shape index (κ1) is 22.2. The number of esters is 1. The number of furan rings is 1. The van der Waals surface area contributed by atoms with Gasteiger partial charge in [-0.25, -0.2) is 10.2 Å². The van der Waals surface area contributed by atoms with Crippen molar-refractivity contribution < 1.29 is 18.7 Å². The number of aromatic nitrogens is 1. The first-order chi connectivity index (χ1) is 17.0. The summed E-state index contributed by atoms with van der Waals surface area (Å²) >= 11 is 0. The molecule has 7 heteroatoms. The van der Waals surface area contributed by atoms with E-state index in [1.54, 1.807) is 24.4 Å². The van der Waals surface area contributed by atoms with Gasteiger partial charge in [-0.1, -0.05) is 36.4 Å². The van der Waals surface area contributed by atoms with Gasteiger partial charge in [-0.05, 0) is 61.0 Å². The van der Waals surface area contributed by atoms with Crippen LogP contribution in [0.3, 0.4) is 0 Å². The average molecular weight is 466 g/mol. The molecule has 0 radical (unpaired) electrons. The van der Waals surface area contributed by atoms with E-state index >= 15 is 0 Å². The monoisotopic (exact) mass is 465 g/mol. The molecule has 35 heavy (non-hydrogen) atoms. The average Bonchev–Trinajstić information content (AvgIpc) is 3.44. The summed E-state index contributed by atoms with van der Waals surface area (Å²) < 4.78 is 12.6. The molecule has 174 valence electrons. The molecule has 0 aliphatic rings. The second kappa shape index (κ2) is 8.95. The number of carbonyl (C=O) groups is 2. The van der Waals surface area contributed by atoms with E-state index in [-0.39, 0.29) is 5.76 Å². The van der Waals surface area contributed by atoms with Gasteiger partial charge in [0.1, 0.15) is 5.58 Å². The molecule has 5 aromatic rings. The molecule has 2 heterocycles. The van der Waals surface area contributed by atoms with Gasteiger partial charge in [-0.2, -0.15) is 5.10 Å². The van der Waals surface area contributed by atoms with Crippen LogP contribution in [0.25, 0.3) is 27.4 Å². The predicted octanol–water partition coefficient (Wildman–Crippen LogP) is 5.54. The van der Waals surface area contributed by atoms with Crippen LogP contribution in [0.15, 0.2) is 82.3 Å². The number of fused-ring (bicyclic) bond motifs is 3. The maximum absolute atomic E-state index is 12.7. The lowest BCUT2D eigenvalue weighted by molar-refractivity contribution is 0.0600. The molecule has 0 aliphatic carbocycles. The number of hydrazone groups is 1. The smallest absolute Gasteiger partial charge is 0.337 e. The fourth-order valence-corrected chi connectivity index (χ4v) is 4.33. The van der Waals surface area contributed by atoms with Crippen LogP contribution in [0.5, 0.6) is 0 Å². The van der Waals surface area contributed by atoms with Crippen molar-refractivity contribution in [3.8, 4) is 5.69 Å². The Labute approximate surface area is 201 Å². The van der Waals surface area contributed by atoms with Crippen LogP contribution >= 0.6 is 0 Å². The molecule has 0 atom stereocenters. The molecule has 0 saturated heterocycles.